The van der Waals surface area contributed by atoms with E-state index in [1.807, 2.05) is 31.3 Å². The summed E-state index contributed by atoms with van der Waals surface area (Å²) in [7, 11) is 1.92. The van der Waals surface area contributed by atoms with Crippen molar-refractivity contribution in [3.8, 4) is 5.75 Å². The van der Waals surface area contributed by atoms with Crippen molar-refractivity contribution in [2.75, 3.05) is 51.8 Å². The van der Waals surface area contributed by atoms with Crippen molar-refractivity contribution >= 4 is 5.69 Å². The molecule has 1 saturated heterocycles. The average Bonchev–Trinajstić information content (AvgIpc) is 2.47. The molecule has 1 N–H and O–H groups in total. The van der Waals surface area contributed by atoms with Gasteiger partial charge in [0.15, 0.2) is 0 Å². The second kappa shape index (κ2) is 7.36. The van der Waals surface area contributed by atoms with Crippen molar-refractivity contribution in [3.05, 3.63) is 24.3 Å². The molecule has 19 heavy (non-hydrogen) atoms. The van der Waals surface area contributed by atoms with Crippen molar-refractivity contribution in [1.82, 2.24) is 4.90 Å². The summed E-state index contributed by atoms with van der Waals surface area (Å²) < 4.78 is 11.2. The molecule has 4 heteroatoms. The summed E-state index contributed by atoms with van der Waals surface area (Å²) in [5.41, 5.74) is 1.11. The first kappa shape index (κ1) is 14.2. The molecule has 1 atom stereocenters. The van der Waals surface area contributed by atoms with E-state index in [0.29, 0.717) is 5.92 Å². The molecular weight excluding hydrogens is 240 g/mol. The Labute approximate surface area is 115 Å². The van der Waals surface area contributed by atoms with E-state index in [9.17, 15) is 0 Å². The van der Waals surface area contributed by atoms with Gasteiger partial charge < -0.3 is 14.8 Å². The van der Waals surface area contributed by atoms with Crippen molar-refractivity contribution in [2.24, 2.45) is 5.92 Å². The molecule has 0 bridgehead atoms. The van der Waals surface area contributed by atoms with Crippen LogP contribution in [0.5, 0.6) is 5.75 Å². The third kappa shape index (κ3) is 4.73. The zero-order valence-electron chi connectivity index (χ0n) is 11.9. The fourth-order valence-electron chi connectivity index (χ4n) is 2.23. The number of hydrogen-bond acceptors (Lipinski definition) is 4. The highest BCUT2D eigenvalue weighted by molar-refractivity contribution is 5.45. The van der Waals surface area contributed by atoms with Gasteiger partial charge in [-0.1, -0.05) is 6.92 Å². The van der Waals surface area contributed by atoms with Crippen LogP contribution in [-0.2, 0) is 4.74 Å². The Hall–Kier alpha value is -1.26. The minimum Gasteiger partial charge on any atom is -0.493 e. The Bertz CT molecular complexity index is 361. The zero-order valence-corrected chi connectivity index (χ0v) is 11.9. The van der Waals surface area contributed by atoms with E-state index in [0.717, 1.165) is 50.9 Å². The third-order valence-electron chi connectivity index (χ3n) is 3.35. The smallest absolute Gasteiger partial charge is 0.119 e. The molecule has 1 aliphatic rings. The molecule has 1 fully saturated rings. The van der Waals surface area contributed by atoms with Crippen LogP contribution >= 0.6 is 0 Å². The van der Waals surface area contributed by atoms with Gasteiger partial charge in [-0.3, -0.25) is 4.90 Å². The molecule has 0 amide bonds. The molecule has 1 aromatic carbocycles. The summed E-state index contributed by atoms with van der Waals surface area (Å²) in [6.45, 7) is 7.88. The Kier molecular flexibility index (Phi) is 5.48. The molecule has 0 aliphatic carbocycles. The highest BCUT2D eigenvalue weighted by atomic mass is 16.5. The standard InChI is InChI=1S/C15H24N2O2/c1-13(11-17-7-9-18-10-8-17)12-19-15-5-3-14(16-2)4-6-15/h3-6,13,16H,7-12H2,1-2H3. The van der Waals surface area contributed by atoms with Crippen LogP contribution in [0.4, 0.5) is 5.69 Å². The summed E-state index contributed by atoms with van der Waals surface area (Å²) in [6.07, 6.45) is 0. The lowest BCUT2D eigenvalue weighted by Crippen LogP contribution is -2.39. The molecule has 1 heterocycles. The summed E-state index contributed by atoms with van der Waals surface area (Å²) in [5.74, 6) is 1.47. The van der Waals surface area contributed by atoms with Gasteiger partial charge in [0, 0.05) is 38.3 Å². The second-order valence-electron chi connectivity index (χ2n) is 5.10. The van der Waals surface area contributed by atoms with Crippen LogP contribution in [0, 0.1) is 5.92 Å². The Morgan fingerprint density at radius 3 is 2.58 bits per heavy atom. The van der Waals surface area contributed by atoms with Gasteiger partial charge in [-0.25, -0.2) is 0 Å². The molecule has 0 aromatic heterocycles. The molecule has 106 valence electrons. The van der Waals surface area contributed by atoms with Gasteiger partial charge in [0.05, 0.1) is 19.8 Å². The third-order valence-corrected chi connectivity index (χ3v) is 3.35. The fourth-order valence-corrected chi connectivity index (χ4v) is 2.23. The van der Waals surface area contributed by atoms with Crippen LogP contribution in [-0.4, -0.2) is 51.4 Å². The first-order valence-corrected chi connectivity index (χ1v) is 6.98. The van der Waals surface area contributed by atoms with E-state index in [2.05, 4.69) is 17.1 Å². The number of hydrogen-bond donors (Lipinski definition) is 1. The average molecular weight is 264 g/mol. The van der Waals surface area contributed by atoms with Crippen LogP contribution < -0.4 is 10.1 Å². The molecule has 4 nitrogen and oxygen atoms in total. The van der Waals surface area contributed by atoms with Crippen LogP contribution in [0.3, 0.4) is 0 Å². The maximum atomic E-state index is 5.82. The number of nitrogens with zero attached hydrogens (tertiary/aromatic N) is 1. The molecule has 1 unspecified atom stereocenters. The molecule has 0 saturated carbocycles. The summed E-state index contributed by atoms with van der Waals surface area (Å²) in [5, 5.41) is 3.10. The van der Waals surface area contributed by atoms with Gasteiger partial charge in [-0.2, -0.15) is 0 Å². The summed E-state index contributed by atoms with van der Waals surface area (Å²) in [4.78, 5) is 2.45. The first-order chi connectivity index (χ1) is 9.28. The molecule has 1 aliphatic heterocycles. The van der Waals surface area contributed by atoms with E-state index in [4.69, 9.17) is 9.47 Å². The van der Waals surface area contributed by atoms with Crippen molar-refractivity contribution in [1.29, 1.82) is 0 Å². The number of anilines is 1. The first-order valence-electron chi connectivity index (χ1n) is 6.98. The predicted octanol–water partition coefficient (Wildman–Crippen LogP) is 2.08. The SMILES string of the molecule is CNc1ccc(OCC(C)CN2CCOCC2)cc1. The van der Waals surface area contributed by atoms with Gasteiger partial charge in [-0.15, -0.1) is 0 Å². The lowest BCUT2D eigenvalue weighted by molar-refractivity contribution is 0.0283. The minimum absolute atomic E-state index is 0.530. The number of ether oxygens (including phenoxy) is 2. The topological polar surface area (TPSA) is 33.7 Å². The maximum Gasteiger partial charge on any atom is 0.119 e. The quantitative estimate of drug-likeness (QED) is 0.853. The van der Waals surface area contributed by atoms with Crippen LogP contribution in [0.25, 0.3) is 0 Å². The highest BCUT2D eigenvalue weighted by Gasteiger charge is 2.14. The Morgan fingerprint density at radius 2 is 1.95 bits per heavy atom. The molecule has 2 rings (SSSR count). The fraction of sp³-hybridized carbons (Fsp3) is 0.600. The lowest BCUT2D eigenvalue weighted by atomic mass is 10.2. The van der Waals surface area contributed by atoms with Crippen molar-refractivity contribution in [3.63, 3.8) is 0 Å². The normalized spacial score (nSPS) is 18.0. The largest absolute Gasteiger partial charge is 0.493 e. The number of nitrogens with one attached hydrogen (secondary N) is 1. The predicted molar refractivity (Wildman–Crippen MR) is 77.9 cm³/mol. The lowest BCUT2D eigenvalue weighted by Gasteiger charge is -2.29. The van der Waals surface area contributed by atoms with E-state index in [-0.39, 0.29) is 0 Å². The van der Waals surface area contributed by atoms with Crippen LogP contribution in [0.2, 0.25) is 0 Å². The van der Waals surface area contributed by atoms with Gasteiger partial charge >= 0.3 is 0 Å². The van der Waals surface area contributed by atoms with Gasteiger partial charge in [0.25, 0.3) is 0 Å². The number of rotatable bonds is 6. The molecule has 0 spiro atoms. The van der Waals surface area contributed by atoms with E-state index in [1.54, 1.807) is 0 Å². The molecule has 0 radical (unpaired) electrons. The summed E-state index contributed by atoms with van der Waals surface area (Å²) in [6, 6.07) is 8.07. The highest BCUT2D eigenvalue weighted by Crippen LogP contribution is 2.16. The van der Waals surface area contributed by atoms with E-state index in [1.165, 1.54) is 0 Å². The molecule has 1 aromatic rings. The van der Waals surface area contributed by atoms with Crippen molar-refractivity contribution < 1.29 is 9.47 Å². The summed E-state index contributed by atoms with van der Waals surface area (Å²) >= 11 is 0. The second-order valence-corrected chi connectivity index (χ2v) is 5.10. The monoisotopic (exact) mass is 264 g/mol. The van der Waals surface area contributed by atoms with E-state index >= 15 is 0 Å². The molecular formula is C15H24N2O2. The number of morpholine rings is 1. The van der Waals surface area contributed by atoms with E-state index < -0.39 is 0 Å². The van der Waals surface area contributed by atoms with Crippen LogP contribution in [0.15, 0.2) is 24.3 Å². The van der Waals surface area contributed by atoms with Crippen LogP contribution in [0.1, 0.15) is 6.92 Å². The minimum atomic E-state index is 0.530. The van der Waals surface area contributed by atoms with Crippen molar-refractivity contribution in [2.45, 2.75) is 6.92 Å². The van der Waals surface area contributed by atoms with Gasteiger partial charge in [0.2, 0.25) is 0 Å². The number of benzene rings is 1. The maximum absolute atomic E-state index is 5.82. The Morgan fingerprint density at radius 1 is 1.26 bits per heavy atom. The Balaban J connectivity index is 1.71. The van der Waals surface area contributed by atoms with Gasteiger partial charge in [0.1, 0.15) is 5.75 Å². The zero-order chi connectivity index (χ0) is 13.5. The van der Waals surface area contributed by atoms with Gasteiger partial charge in [-0.05, 0) is 24.3 Å².